The van der Waals surface area contributed by atoms with Gasteiger partial charge in [-0.2, -0.15) is 4.73 Å². The van der Waals surface area contributed by atoms with Gasteiger partial charge in [-0.25, -0.2) is 4.79 Å². The molecule has 0 fully saturated rings. The molecule has 0 aliphatic rings. The lowest BCUT2D eigenvalue weighted by atomic mass is 10.3. The first-order chi connectivity index (χ1) is 10.1. The van der Waals surface area contributed by atoms with E-state index >= 15 is 0 Å². The second kappa shape index (κ2) is 6.97. The topological polar surface area (TPSA) is 65.3 Å². The highest BCUT2D eigenvalue weighted by Crippen LogP contribution is 2.19. The maximum atomic E-state index is 11.8. The molecule has 0 spiro atoms. The van der Waals surface area contributed by atoms with Crippen molar-refractivity contribution < 1.29 is 14.3 Å². The van der Waals surface area contributed by atoms with Gasteiger partial charge in [0.15, 0.2) is 6.20 Å². The summed E-state index contributed by atoms with van der Waals surface area (Å²) in [5.74, 6) is 0.383. The van der Waals surface area contributed by atoms with Gasteiger partial charge in [-0.15, -0.1) is 0 Å². The average Bonchev–Trinajstić information content (AvgIpc) is 2.43. The largest absolute Gasteiger partial charge is 0.618 e. The molecule has 108 valence electrons. The predicted octanol–water partition coefficient (Wildman–Crippen LogP) is 3.71. The van der Waals surface area contributed by atoms with Gasteiger partial charge in [0, 0.05) is 12.1 Å². The summed E-state index contributed by atoms with van der Waals surface area (Å²) in [5.41, 5.74) is 0.328. The molecule has 2 aromatic rings. The van der Waals surface area contributed by atoms with E-state index in [0.29, 0.717) is 10.5 Å². The van der Waals surface area contributed by atoms with Crippen molar-refractivity contribution in [1.82, 2.24) is 0 Å². The van der Waals surface area contributed by atoms with Crippen LogP contribution in [0.25, 0.3) is 6.08 Å². The zero-order valence-corrected chi connectivity index (χ0v) is 12.1. The maximum absolute atomic E-state index is 11.8. The molecule has 0 atom stereocenters. The summed E-state index contributed by atoms with van der Waals surface area (Å²) in [6.07, 6.45) is 1.76. The minimum Gasteiger partial charge on any atom is -0.618 e. The molecule has 21 heavy (non-hydrogen) atoms. The number of rotatable bonds is 3. The van der Waals surface area contributed by atoms with Crippen molar-refractivity contribution in [1.29, 1.82) is 0 Å². The molecule has 1 N–H and O–H groups in total. The molecule has 2 rings (SSSR count). The Morgan fingerprint density at radius 3 is 2.57 bits per heavy atom. The van der Waals surface area contributed by atoms with E-state index in [1.54, 1.807) is 30.3 Å². The van der Waals surface area contributed by atoms with E-state index in [1.165, 1.54) is 24.4 Å². The molecule has 1 aromatic heterocycles. The summed E-state index contributed by atoms with van der Waals surface area (Å²) in [6.45, 7) is 0. The first-order valence-corrected chi connectivity index (χ1v) is 6.60. The van der Waals surface area contributed by atoms with Crippen LogP contribution in [0.4, 0.5) is 10.5 Å². The molecule has 5 nitrogen and oxygen atoms in total. The van der Waals surface area contributed by atoms with E-state index in [9.17, 15) is 10.0 Å². The van der Waals surface area contributed by atoms with Crippen LogP contribution in [0.5, 0.6) is 5.75 Å². The van der Waals surface area contributed by atoms with Crippen molar-refractivity contribution in [3.05, 3.63) is 64.1 Å². The molecule has 1 aromatic carbocycles. The molecule has 1 amide bonds. The fourth-order valence-electron chi connectivity index (χ4n) is 1.58. The third-order valence-corrected chi connectivity index (χ3v) is 2.65. The van der Waals surface area contributed by atoms with Crippen molar-refractivity contribution in [3.8, 4) is 5.75 Å². The number of carbonyl (C=O) groups excluding carboxylic acids is 1. The Kier molecular flexibility index (Phi) is 5.03. The third kappa shape index (κ3) is 4.37. The van der Waals surface area contributed by atoms with E-state index in [4.69, 9.17) is 27.9 Å². The number of nitrogens with one attached hydrogen (secondary N) is 1. The number of hydrogen-bond donors (Lipinski definition) is 1. The summed E-state index contributed by atoms with van der Waals surface area (Å²) < 4.78 is 5.49. The number of amides is 1. The average molecular weight is 325 g/mol. The van der Waals surface area contributed by atoms with Crippen LogP contribution in [0.3, 0.4) is 0 Å². The number of nitrogens with zero attached hydrogens (tertiary/aromatic N) is 1. The lowest BCUT2D eigenvalue weighted by Gasteiger charge is -2.09. The Labute approximate surface area is 131 Å². The zero-order chi connectivity index (χ0) is 15.2. The van der Waals surface area contributed by atoms with Crippen molar-refractivity contribution >= 4 is 41.1 Å². The standard InChI is InChI=1S/C14H10Cl2N2O3/c15-13(16)9-12-11(7-4-8-18(12)20)17-14(19)21-10-5-2-1-3-6-10/h1-9H,(H,17,19). The van der Waals surface area contributed by atoms with Gasteiger partial charge >= 0.3 is 6.09 Å². The Bertz CT molecular complexity index is 671. The summed E-state index contributed by atoms with van der Waals surface area (Å²) in [4.78, 5) is 11.8. The van der Waals surface area contributed by atoms with Crippen LogP contribution >= 0.6 is 23.2 Å². The monoisotopic (exact) mass is 324 g/mol. The van der Waals surface area contributed by atoms with Gasteiger partial charge in [-0.3, -0.25) is 5.32 Å². The van der Waals surface area contributed by atoms with Gasteiger partial charge in [-0.05, 0) is 18.2 Å². The van der Waals surface area contributed by atoms with Crippen LogP contribution < -0.4 is 14.8 Å². The molecule has 0 saturated carbocycles. The number of benzene rings is 1. The van der Waals surface area contributed by atoms with Gasteiger partial charge in [0.1, 0.15) is 15.9 Å². The van der Waals surface area contributed by atoms with E-state index in [-0.39, 0.29) is 15.9 Å². The lowest BCUT2D eigenvalue weighted by Crippen LogP contribution is -2.31. The summed E-state index contributed by atoms with van der Waals surface area (Å²) in [6, 6.07) is 11.5. The third-order valence-electron chi connectivity index (χ3n) is 2.43. The number of anilines is 1. The predicted molar refractivity (Wildman–Crippen MR) is 81.2 cm³/mol. The lowest BCUT2D eigenvalue weighted by molar-refractivity contribution is -0.606. The Hall–Kier alpha value is -2.24. The molecule has 0 saturated heterocycles. The highest BCUT2D eigenvalue weighted by atomic mass is 35.5. The first kappa shape index (κ1) is 15.2. The van der Waals surface area contributed by atoms with E-state index < -0.39 is 6.09 Å². The molecular formula is C14H10Cl2N2O3. The molecule has 1 heterocycles. The van der Waals surface area contributed by atoms with E-state index in [0.717, 1.165) is 0 Å². The van der Waals surface area contributed by atoms with Crippen molar-refractivity contribution in [3.63, 3.8) is 0 Å². The summed E-state index contributed by atoms with van der Waals surface area (Å²) in [5, 5.41) is 14.1. The molecule has 0 radical (unpaired) electrons. The van der Waals surface area contributed by atoms with Gasteiger partial charge < -0.3 is 9.94 Å². The van der Waals surface area contributed by atoms with Crippen LogP contribution in [0.2, 0.25) is 0 Å². The van der Waals surface area contributed by atoms with Gasteiger partial charge in [0.2, 0.25) is 5.69 Å². The van der Waals surface area contributed by atoms with Crippen LogP contribution in [-0.2, 0) is 0 Å². The Morgan fingerprint density at radius 1 is 1.19 bits per heavy atom. The molecule has 0 bridgehead atoms. The minimum absolute atomic E-state index is 0.0995. The summed E-state index contributed by atoms with van der Waals surface area (Å²) in [7, 11) is 0. The van der Waals surface area contributed by atoms with E-state index in [1.807, 2.05) is 0 Å². The zero-order valence-electron chi connectivity index (χ0n) is 10.6. The molecule has 7 heteroatoms. The van der Waals surface area contributed by atoms with E-state index in [2.05, 4.69) is 5.32 Å². The maximum Gasteiger partial charge on any atom is 0.417 e. The Morgan fingerprint density at radius 2 is 1.90 bits per heavy atom. The SMILES string of the molecule is O=C(Nc1ccc[n+]([O-])c1C=C(Cl)Cl)Oc1ccccc1. The van der Waals surface area contributed by atoms with Crippen molar-refractivity contribution in [2.45, 2.75) is 0 Å². The number of carbonyl (C=O) groups is 1. The Balaban J connectivity index is 2.18. The number of pyridine rings is 1. The smallest absolute Gasteiger partial charge is 0.417 e. The van der Waals surface area contributed by atoms with Crippen LogP contribution in [0.15, 0.2) is 53.2 Å². The number of halogens is 2. The van der Waals surface area contributed by atoms with Crippen LogP contribution in [0.1, 0.15) is 5.69 Å². The number of hydrogen-bond acceptors (Lipinski definition) is 3. The second-order valence-electron chi connectivity index (χ2n) is 3.89. The quantitative estimate of drug-likeness (QED) is 0.691. The minimum atomic E-state index is -0.729. The van der Waals surface area contributed by atoms with Crippen molar-refractivity contribution in [2.75, 3.05) is 5.32 Å². The fraction of sp³-hybridized carbons (Fsp3) is 0. The van der Waals surface area contributed by atoms with Gasteiger partial charge in [0.05, 0.1) is 0 Å². The van der Waals surface area contributed by atoms with Gasteiger partial charge in [-0.1, -0.05) is 41.4 Å². The normalized spacial score (nSPS) is 9.81. The van der Waals surface area contributed by atoms with Crippen LogP contribution in [0, 0.1) is 5.21 Å². The molecule has 0 aliphatic heterocycles. The second-order valence-corrected chi connectivity index (χ2v) is 4.90. The first-order valence-electron chi connectivity index (χ1n) is 5.85. The number of aromatic nitrogens is 1. The molecular weight excluding hydrogens is 315 g/mol. The van der Waals surface area contributed by atoms with Gasteiger partial charge in [0.25, 0.3) is 0 Å². The summed E-state index contributed by atoms with van der Waals surface area (Å²) >= 11 is 11.1. The highest BCUT2D eigenvalue weighted by molar-refractivity contribution is 6.57. The number of para-hydroxylation sites is 1. The number of ether oxygens (including phenoxy) is 1. The molecule has 0 unspecified atom stereocenters. The molecule has 0 aliphatic carbocycles. The van der Waals surface area contributed by atoms with Crippen molar-refractivity contribution in [2.24, 2.45) is 0 Å². The fourth-order valence-corrected chi connectivity index (χ4v) is 1.79. The highest BCUT2D eigenvalue weighted by Gasteiger charge is 2.14. The van der Waals surface area contributed by atoms with Crippen LogP contribution in [-0.4, -0.2) is 6.09 Å².